The highest BCUT2D eigenvalue weighted by Gasteiger charge is 2.37. The van der Waals surface area contributed by atoms with Crippen LogP contribution in [0.25, 0.3) is 16.6 Å². The number of fused-ring (bicyclic) bond motifs is 3. The van der Waals surface area contributed by atoms with Gasteiger partial charge in [0.2, 0.25) is 5.95 Å². The van der Waals surface area contributed by atoms with E-state index in [1.165, 1.54) is 16.8 Å². The first-order valence-electron chi connectivity index (χ1n) is 12.8. The standard InChI is InChI=1S/C28H26F4N6O2/c1-27(2,3)22-7-4-15-18-11-34-26(33-10-17-16-8-9-40-21(16)6-5-19(17)29)38-14-35-23(24(18)38)25(39)37(12-20(15)36-22)13-28(30,31)32/h4-7,11,14H,8-10,12-13H2,1-3H3,(H,33,34). The molecule has 4 aromatic rings. The lowest BCUT2D eigenvalue weighted by Crippen LogP contribution is -2.39. The zero-order valence-electron chi connectivity index (χ0n) is 22.1. The van der Waals surface area contributed by atoms with E-state index >= 15 is 0 Å². The van der Waals surface area contributed by atoms with Gasteiger partial charge in [0, 0.05) is 52.5 Å². The second-order valence-corrected chi connectivity index (χ2v) is 11.0. The molecule has 0 fully saturated rings. The molecule has 6 rings (SSSR count). The van der Waals surface area contributed by atoms with Crippen molar-refractivity contribution in [2.75, 3.05) is 18.5 Å². The number of benzene rings is 1. The predicted octanol–water partition coefficient (Wildman–Crippen LogP) is 5.29. The summed E-state index contributed by atoms with van der Waals surface area (Å²) in [7, 11) is 0. The Hall–Kier alpha value is -4.22. The van der Waals surface area contributed by atoms with Gasteiger partial charge in [-0.15, -0.1) is 0 Å². The van der Waals surface area contributed by atoms with E-state index < -0.39 is 24.4 Å². The molecule has 8 nitrogen and oxygen atoms in total. The van der Waals surface area contributed by atoms with Crippen LogP contribution in [0.4, 0.5) is 23.5 Å². The highest BCUT2D eigenvalue weighted by atomic mass is 19.4. The number of alkyl halides is 3. The van der Waals surface area contributed by atoms with Crippen molar-refractivity contribution >= 4 is 17.4 Å². The molecule has 1 amide bonds. The number of nitrogens with one attached hydrogen (secondary N) is 1. The smallest absolute Gasteiger partial charge is 0.406 e. The number of amides is 1. The molecule has 5 heterocycles. The lowest BCUT2D eigenvalue weighted by atomic mass is 9.90. The fourth-order valence-corrected chi connectivity index (χ4v) is 5.20. The van der Waals surface area contributed by atoms with Gasteiger partial charge < -0.3 is 15.0 Å². The number of hydrogen-bond donors (Lipinski definition) is 1. The largest absolute Gasteiger partial charge is 0.493 e. The molecule has 3 aromatic heterocycles. The Bertz CT molecular complexity index is 1660. The minimum atomic E-state index is -4.62. The molecular formula is C28H26F4N6O2. The highest BCUT2D eigenvalue weighted by molar-refractivity contribution is 6.04. The van der Waals surface area contributed by atoms with Crippen LogP contribution in [0.15, 0.2) is 36.8 Å². The number of pyridine rings is 1. The number of ether oxygens (including phenoxy) is 1. The molecule has 0 aliphatic carbocycles. The van der Waals surface area contributed by atoms with Crippen LogP contribution in [-0.4, -0.2) is 49.5 Å². The predicted molar refractivity (Wildman–Crippen MR) is 139 cm³/mol. The SMILES string of the molecule is CC(C)(C)c1ccc2c(n1)CN(CC(F)(F)F)C(=O)c1ncn3c(NCc4c(F)ccc5c4CCO5)ncc-2c13. The molecule has 12 heteroatoms. The Morgan fingerprint density at radius 3 is 2.62 bits per heavy atom. The maximum absolute atomic E-state index is 14.7. The molecule has 2 aliphatic heterocycles. The normalized spacial score (nSPS) is 15.0. The quantitative estimate of drug-likeness (QED) is 0.345. The van der Waals surface area contributed by atoms with Crippen LogP contribution >= 0.6 is 0 Å². The summed E-state index contributed by atoms with van der Waals surface area (Å²) in [5.74, 6) is -0.369. The Morgan fingerprint density at radius 2 is 1.88 bits per heavy atom. The van der Waals surface area contributed by atoms with Crippen LogP contribution in [0.2, 0.25) is 0 Å². The first-order valence-corrected chi connectivity index (χ1v) is 12.8. The lowest BCUT2D eigenvalue weighted by molar-refractivity contribution is -0.141. The zero-order valence-corrected chi connectivity index (χ0v) is 22.1. The first kappa shape index (κ1) is 26.0. The van der Waals surface area contributed by atoms with Gasteiger partial charge in [-0.25, -0.2) is 14.4 Å². The molecule has 1 aromatic carbocycles. The van der Waals surface area contributed by atoms with Crippen molar-refractivity contribution in [3.63, 3.8) is 0 Å². The molecule has 0 unspecified atom stereocenters. The van der Waals surface area contributed by atoms with Gasteiger partial charge in [0.25, 0.3) is 5.91 Å². The van der Waals surface area contributed by atoms with E-state index in [9.17, 15) is 22.4 Å². The number of carbonyl (C=O) groups excluding carboxylic acids is 1. The molecule has 0 radical (unpaired) electrons. The first-order chi connectivity index (χ1) is 18.9. The molecule has 1 N–H and O–H groups in total. The van der Waals surface area contributed by atoms with Crippen LogP contribution in [-0.2, 0) is 24.9 Å². The van der Waals surface area contributed by atoms with Crippen molar-refractivity contribution in [3.8, 4) is 16.9 Å². The number of imidazole rings is 1. The third-order valence-electron chi connectivity index (χ3n) is 7.16. The van der Waals surface area contributed by atoms with E-state index in [0.717, 1.165) is 10.5 Å². The maximum atomic E-state index is 14.7. The van der Waals surface area contributed by atoms with Crippen LogP contribution in [0.3, 0.4) is 0 Å². The van der Waals surface area contributed by atoms with E-state index in [1.807, 2.05) is 26.8 Å². The van der Waals surface area contributed by atoms with Crippen molar-refractivity contribution < 1.29 is 27.1 Å². The molecular weight excluding hydrogens is 528 g/mol. The monoisotopic (exact) mass is 554 g/mol. The van der Waals surface area contributed by atoms with Gasteiger partial charge in [-0.2, -0.15) is 13.2 Å². The lowest BCUT2D eigenvalue weighted by Gasteiger charge is -2.28. The van der Waals surface area contributed by atoms with Crippen LogP contribution < -0.4 is 10.1 Å². The second-order valence-electron chi connectivity index (χ2n) is 11.0. The number of carbonyl (C=O) groups is 1. The van der Waals surface area contributed by atoms with Gasteiger partial charge in [-0.1, -0.05) is 26.8 Å². The molecule has 40 heavy (non-hydrogen) atoms. The molecule has 0 saturated carbocycles. The third kappa shape index (κ3) is 4.50. The van der Waals surface area contributed by atoms with Crippen molar-refractivity contribution in [3.05, 3.63) is 70.8 Å². The molecule has 2 aliphatic rings. The molecule has 208 valence electrons. The van der Waals surface area contributed by atoms with Gasteiger partial charge >= 0.3 is 6.18 Å². The molecule has 0 bridgehead atoms. The number of nitrogens with zero attached hydrogens (tertiary/aromatic N) is 5. The van der Waals surface area contributed by atoms with E-state index in [-0.39, 0.29) is 30.1 Å². The number of anilines is 1. The van der Waals surface area contributed by atoms with Crippen LogP contribution in [0, 0.1) is 5.82 Å². The summed E-state index contributed by atoms with van der Waals surface area (Å²) < 4.78 is 62.5. The van der Waals surface area contributed by atoms with Gasteiger partial charge in [-0.05, 0) is 18.2 Å². The van der Waals surface area contributed by atoms with Crippen molar-refractivity contribution in [1.29, 1.82) is 0 Å². The van der Waals surface area contributed by atoms with E-state index in [4.69, 9.17) is 9.72 Å². The number of hydrogen-bond acceptors (Lipinski definition) is 6. The minimum Gasteiger partial charge on any atom is -0.493 e. The summed E-state index contributed by atoms with van der Waals surface area (Å²) >= 11 is 0. The topological polar surface area (TPSA) is 84.7 Å². The number of rotatable bonds is 4. The Morgan fingerprint density at radius 1 is 1.07 bits per heavy atom. The molecule has 0 saturated heterocycles. The summed E-state index contributed by atoms with van der Waals surface area (Å²) in [6.45, 7) is 4.62. The van der Waals surface area contributed by atoms with E-state index in [0.29, 0.717) is 52.4 Å². The average molecular weight is 555 g/mol. The third-order valence-corrected chi connectivity index (χ3v) is 7.16. The fraction of sp³-hybridized carbons (Fsp3) is 0.357. The summed E-state index contributed by atoms with van der Waals surface area (Å²) in [5, 5.41) is 3.11. The van der Waals surface area contributed by atoms with Gasteiger partial charge in [-0.3, -0.25) is 14.2 Å². The van der Waals surface area contributed by atoms with E-state index in [2.05, 4.69) is 15.3 Å². The number of aromatic nitrogens is 4. The summed E-state index contributed by atoms with van der Waals surface area (Å²) in [4.78, 5) is 27.7. The highest BCUT2D eigenvalue weighted by Crippen LogP contribution is 2.36. The van der Waals surface area contributed by atoms with Crippen molar-refractivity contribution in [2.45, 2.75) is 51.9 Å². The van der Waals surface area contributed by atoms with Gasteiger partial charge in [0.05, 0.1) is 24.4 Å². The van der Waals surface area contributed by atoms with Gasteiger partial charge in [0.1, 0.15) is 24.4 Å². The Labute approximate surface area is 227 Å². The van der Waals surface area contributed by atoms with Gasteiger partial charge in [0.15, 0.2) is 5.69 Å². The molecule has 0 spiro atoms. The fourth-order valence-electron chi connectivity index (χ4n) is 5.20. The minimum absolute atomic E-state index is 0.0779. The Kier molecular flexibility index (Phi) is 5.97. The summed E-state index contributed by atoms with van der Waals surface area (Å²) in [6, 6.07) is 6.57. The van der Waals surface area contributed by atoms with Crippen molar-refractivity contribution in [2.24, 2.45) is 0 Å². The maximum Gasteiger partial charge on any atom is 0.406 e. The number of halogens is 4. The zero-order chi connectivity index (χ0) is 28.4. The summed E-state index contributed by atoms with van der Waals surface area (Å²) in [6.07, 6.45) is -1.16. The second kappa shape index (κ2) is 9.17. The molecule has 0 atom stereocenters. The van der Waals surface area contributed by atoms with Crippen molar-refractivity contribution in [1.82, 2.24) is 24.3 Å². The average Bonchev–Trinajstić information content (AvgIpc) is 3.53. The van der Waals surface area contributed by atoms with E-state index in [1.54, 1.807) is 18.3 Å². The van der Waals surface area contributed by atoms with Crippen LogP contribution in [0.5, 0.6) is 5.75 Å². The Balaban J connectivity index is 1.48. The van der Waals surface area contributed by atoms with Crippen LogP contribution in [0.1, 0.15) is 53.8 Å². The summed E-state index contributed by atoms with van der Waals surface area (Å²) in [5.41, 5.74) is 3.10.